The van der Waals surface area contributed by atoms with Gasteiger partial charge in [0.15, 0.2) is 0 Å². The standard InChI is InChI=1S/C16H18O4.ClH/c1-16(2)12(14(16)15(18)19)8-9-13(17)20-10-11-6-4-3-5-7-11;/h3-9,12,14H,10H2,1-2H3,(H,18,19);1H/t12-,14-;/m0./s1. The Morgan fingerprint density at radius 2 is 1.90 bits per heavy atom. The molecule has 0 aliphatic heterocycles. The normalized spacial score (nSPS) is 22.4. The van der Waals surface area contributed by atoms with Crippen LogP contribution in [0.5, 0.6) is 0 Å². The number of allylic oxidation sites excluding steroid dienone is 1. The molecule has 0 spiro atoms. The van der Waals surface area contributed by atoms with Gasteiger partial charge in [0.1, 0.15) is 6.61 Å². The highest BCUT2D eigenvalue weighted by atomic mass is 35.5. The highest BCUT2D eigenvalue weighted by molar-refractivity contribution is 5.85. The Balaban J connectivity index is 0.00000220. The van der Waals surface area contributed by atoms with Crippen LogP contribution in [0.3, 0.4) is 0 Å². The number of carbonyl (C=O) groups excluding carboxylic acids is 1. The number of esters is 1. The Labute approximate surface area is 130 Å². The quantitative estimate of drug-likeness (QED) is 0.670. The van der Waals surface area contributed by atoms with E-state index in [1.54, 1.807) is 6.08 Å². The van der Waals surface area contributed by atoms with Crippen molar-refractivity contribution in [3.8, 4) is 0 Å². The molecule has 21 heavy (non-hydrogen) atoms. The Kier molecular flexibility index (Phi) is 5.55. The van der Waals surface area contributed by atoms with Gasteiger partial charge in [-0.3, -0.25) is 4.79 Å². The fourth-order valence-electron chi connectivity index (χ4n) is 2.47. The van der Waals surface area contributed by atoms with Gasteiger partial charge in [-0.1, -0.05) is 50.3 Å². The molecule has 1 fully saturated rings. The van der Waals surface area contributed by atoms with Gasteiger partial charge < -0.3 is 9.84 Å². The zero-order chi connectivity index (χ0) is 14.8. The third-order valence-corrected chi connectivity index (χ3v) is 3.84. The summed E-state index contributed by atoms with van der Waals surface area (Å²) in [6.07, 6.45) is 2.98. The van der Waals surface area contributed by atoms with Crippen LogP contribution in [0.25, 0.3) is 0 Å². The van der Waals surface area contributed by atoms with Gasteiger partial charge in [0.2, 0.25) is 0 Å². The molecule has 5 heteroatoms. The van der Waals surface area contributed by atoms with Crippen LogP contribution in [0, 0.1) is 17.3 Å². The van der Waals surface area contributed by atoms with Crippen LogP contribution in [0.1, 0.15) is 19.4 Å². The average molecular weight is 311 g/mol. The number of ether oxygens (including phenoxy) is 1. The zero-order valence-electron chi connectivity index (χ0n) is 12.0. The second kappa shape index (κ2) is 6.76. The molecule has 0 aromatic heterocycles. The summed E-state index contributed by atoms with van der Waals surface area (Å²) in [6, 6.07) is 9.40. The summed E-state index contributed by atoms with van der Waals surface area (Å²) in [5, 5.41) is 9.03. The summed E-state index contributed by atoms with van der Waals surface area (Å²) < 4.78 is 5.10. The second-order valence-electron chi connectivity index (χ2n) is 5.62. The molecule has 1 aromatic carbocycles. The number of carbonyl (C=O) groups is 2. The maximum absolute atomic E-state index is 11.6. The van der Waals surface area contributed by atoms with E-state index in [1.165, 1.54) is 6.08 Å². The van der Waals surface area contributed by atoms with Crippen LogP contribution in [0.4, 0.5) is 0 Å². The molecule has 2 rings (SSSR count). The molecule has 114 valence electrons. The first-order chi connectivity index (χ1) is 9.43. The lowest BCUT2D eigenvalue weighted by atomic mass is 10.1. The van der Waals surface area contributed by atoms with Crippen molar-refractivity contribution < 1.29 is 19.4 Å². The molecule has 0 unspecified atom stereocenters. The minimum Gasteiger partial charge on any atom is -0.481 e. The maximum Gasteiger partial charge on any atom is 0.330 e. The van der Waals surface area contributed by atoms with Crippen LogP contribution in [-0.2, 0) is 20.9 Å². The van der Waals surface area contributed by atoms with Crippen molar-refractivity contribution in [2.75, 3.05) is 0 Å². The Hall–Kier alpha value is -1.81. The number of hydrogen-bond acceptors (Lipinski definition) is 3. The molecule has 1 saturated carbocycles. The SMILES string of the molecule is CC1(C)[C@H](C(=O)O)[C@@H]1C=CC(=O)OCc1ccccc1.Cl. The number of rotatable bonds is 5. The first kappa shape index (κ1) is 17.2. The molecule has 1 aliphatic rings. The van der Waals surface area contributed by atoms with Gasteiger partial charge in [-0.2, -0.15) is 0 Å². The average Bonchev–Trinajstić information content (AvgIpc) is 2.97. The van der Waals surface area contributed by atoms with Gasteiger partial charge in [-0.15, -0.1) is 12.4 Å². The summed E-state index contributed by atoms with van der Waals surface area (Å²) in [4.78, 5) is 22.6. The lowest BCUT2D eigenvalue weighted by Gasteiger charge is -2.01. The van der Waals surface area contributed by atoms with Crippen molar-refractivity contribution in [1.82, 2.24) is 0 Å². The summed E-state index contributed by atoms with van der Waals surface area (Å²) in [6.45, 7) is 3.99. The van der Waals surface area contributed by atoms with Gasteiger partial charge in [-0.05, 0) is 16.9 Å². The summed E-state index contributed by atoms with van der Waals surface area (Å²) in [5.41, 5.74) is 0.631. The van der Waals surface area contributed by atoms with Crippen LogP contribution >= 0.6 is 12.4 Å². The lowest BCUT2D eigenvalue weighted by Crippen LogP contribution is -2.03. The predicted octanol–water partition coefficient (Wildman–Crippen LogP) is 3.06. The van der Waals surface area contributed by atoms with E-state index in [4.69, 9.17) is 9.84 Å². The van der Waals surface area contributed by atoms with Gasteiger partial charge in [0, 0.05) is 6.08 Å². The van der Waals surface area contributed by atoms with Crippen LogP contribution in [-0.4, -0.2) is 17.0 Å². The summed E-state index contributed by atoms with van der Waals surface area (Å²) in [5.74, 6) is -1.78. The first-order valence-electron chi connectivity index (χ1n) is 6.54. The van der Waals surface area contributed by atoms with E-state index in [9.17, 15) is 9.59 Å². The number of halogens is 1. The molecule has 1 N–H and O–H groups in total. The Bertz CT molecular complexity index is 536. The third kappa shape index (κ3) is 4.08. The van der Waals surface area contributed by atoms with E-state index in [1.807, 2.05) is 44.2 Å². The minimum atomic E-state index is -0.817. The molecule has 0 heterocycles. The number of aliphatic carboxylic acids is 1. The largest absolute Gasteiger partial charge is 0.481 e. The van der Waals surface area contributed by atoms with Crippen molar-refractivity contribution in [2.45, 2.75) is 20.5 Å². The van der Waals surface area contributed by atoms with Gasteiger partial charge in [0.05, 0.1) is 5.92 Å². The maximum atomic E-state index is 11.6. The van der Waals surface area contributed by atoms with Crippen LogP contribution in [0.15, 0.2) is 42.5 Å². The number of hydrogen-bond donors (Lipinski definition) is 1. The molecule has 0 saturated heterocycles. The van der Waals surface area contributed by atoms with E-state index in [0.717, 1.165) is 5.56 Å². The van der Waals surface area contributed by atoms with E-state index >= 15 is 0 Å². The molecular weight excluding hydrogens is 292 g/mol. The summed E-state index contributed by atoms with van der Waals surface area (Å²) in [7, 11) is 0. The molecule has 2 atom stereocenters. The molecule has 1 aromatic rings. The van der Waals surface area contributed by atoms with Gasteiger partial charge >= 0.3 is 11.9 Å². The fourth-order valence-corrected chi connectivity index (χ4v) is 2.47. The molecule has 1 aliphatic carbocycles. The number of carboxylic acid groups (broad SMARTS) is 1. The van der Waals surface area contributed by atoms with E-state index in [-0.39, 0.29) is 30.3 Å². The van der Waals surface area contributed by atoms with Crippen LogP contribution in [0.2, 0.25) is 0 Å². The Morgan fingerprint density at radius 1 is 1.29 bits per heavy atom. The molecular formula is C16H19ClO4. The van der Waals surface area contributed by atoms with Crippen molar-refractivity contribution in [1.29, 1.82) is 0 Å². The number of carboxylic acids is 1. The first-order valence-corrected chi connectivity index (χ1v) is 6.54. The fraction of sp³-hybridized carbons (Fsp3) is 0.375. The zero-order valence-corrected chi connectivity index (χ0v) is 12.8. The van der Waals surface area contributed by atoms with Crippen molar-refractivity contribution in [3.63, 3.8) is 0 Å². The minimum absolute atomic E-state index is 0. The Morgan fingerprint density at radius 3 is 2.43 bits per heavy atom. The monoisotopic (exact) mass is 310 g/mol. The number of benzene rings is 1. The van der Waals surface area contributed by atoms with Gasteiger partial charge in [0.25, 0.3) is 0 Å². The van der Waals surface area contributed by atoms with E-state index in [0.29, 0.717) is 0 Å². The van der Waals surface area contributed by atoms with E-state index in [2.05, 4.69) is 0 Å². The molecule has 4 nitrogen and oxygen atoms in total. The van der Waals surface area contributed by atoms with Crippen molar-refractivity contribution in [3.05, 3.63) is 48.0 Å². The molecule has 0 radical (unpaired) electrons. The molecule has 0 bridgehead atoms. The van der Waals surface area contributed by atoms with E-state index < -0.39 is 17.9 Å². The summed E-state index contributed by atoms with van der Waals surface area (Å²) >= 11 is 0. The predicted molar refractivity (Wildman–Crippen MR) is 81.0 cm³/mol. The second-order valence-corrected chi connectivity index (χ2v) is 5.62. The topological polar surface area (TPSA) is 63.6 Å². The smallest absolute Gasteiger partial charge is 0.330 e. The molecule has 0 amide bonds. The van der Waals surface area contributed by atoms with Gasteiger partial charge in [-0.25, -0.2) is 4.79 Å². The van der Waals surface area contributed by atoms with Crippen molar-refractivity contribution in [2.24, 2.45) is 17.3 Å². The van der Waals surface area contributed by atoms with Crippen LogP contribution < -0.4 is 0 Å². The highest BCUT2D eigenvalue weighted by Gasteiger charge is 2.60. The highest BCUT2D eigenvalue weighted by Crippen LogP contribution is 2.58. The van der Waals surface area contributed by atoms with Crippen molar-refractivity contribution >= 4 is 24.3 Å². The lowest BCUT2D eigenvalue weighted by molar-refractivity contribution is -0.140. The third-order valence-electron chi connectivity index (χ3n) is 3.84.